The number of aromatic nitrogens is 1. The van der Waals surface area contributed by atoms with E-state index in [4.69, 9.17) is 23.2 Å². The molecule has 0 spiro atoms. The molecular weight excluding hydrogens is 365 g/mol. The van der Waals surface area contributed by atoms with Gasteiger partial charge in [-0.1, -0.05) is 46.7 Å². The number of thioether (sulfide) groups is 1. The summed E-state index contributed by atoms with van der Waals surface area (Å²) in [6, 6.07) is 7.14. The highest BCUT2D eigenvalue weighted by Gasteiger charge is 2.20. The number of para-hydroxylation sites is 1. The second kappa shape index (κ2) is 6.29. The third-order valence-corrected chi connectivity index (χ3v) is 5.02. The molecule has 0 fully saturated rings. The summed E-state index contributed by atoms with van der Waals surface area (Å²) in [6.07, 6.45) is 1.59. The Labute approximate surface area is 143 Å². The summed E-state index contributed by atoms with van der Waals surface area (Å²) in [7, 11) is 0. The van der Waals surface area contributed by atoms with Crippen molar-refractivity contribution < 1.29 is 5.11 Å². The molecule has 3 rings (SSSR count). The zero-order valence-corrected chi connectivity index (χ0v) is 13.9. The number of rotatable bonds is 2. The molecule has 1 aliphatic rings. The lowest BCUT2D eigenvalue weighted by Crippen LogP contribution is -1.89. The molecule has 2 heterocycles. The van der Waals surface area contributed by atoms with E-state index >= 15 is 0 Å². The van der Waals surface area contributed by atoms with E-state index in [0.29, 0.717) is 25.7 Å². The van der Waals surface area contributed by atoms with Crippen LogP contribution in [0.1, 0.15) is 4.88 Å². The molecule has 112 valence electrons. The highest BCUT2D eigenvalue weighted by atomic mass is 35.5. The molecule has 1 aromatic heterocycles. The number of nitrogens with zero attached hydrogens (tertiary/aromatic N) is 2. The third-order valence-electron chi connectivity index (χ3n) is 2.59. The fourth-order valence-electron chi connectivity index (χ4n) is 1.63. The number of hydrogen-bond donors (Lipinski definition) is 2. The van der Waals surface area contributed by atoms with E-state index in [1.807, 2.05) is 12.1 Å². The van der Waals surface area contributed by atoms with Crippen LogP contribution in [0.25, 0.3) is 6.08 Å². The van der Waals surface area contributed by atoms with Crippen LogP contribution < -0.4 is 4.87 Å². The van der Waals surface area contributed by atoms with Gasteiger partial charge in [0.1, 0.15) is 5.17 Å². The molecule has 9 heteroatoms. The Hall–Kier alpha value is -1.54. The minimum absolute atomic E-state index is 0.191. The van der Waals surface area contributed by atoms with Gasteiger partial charge in [-0.25, -0.2) is 9.98 Å². The molecule has 2 N–H and O–H groups in total. The maximum Gasteiger partial charge on any atom is 0.307 e. The van der Waals surface area contributed by atoms with Crippen molar-refractivity contribution in [2.75, 3.05) is 0 Å². The van der Waals surface area contributed by atoms with Gasteiger partial charge in [0.2, 0.25) is 5.88 Å². The highest BCUT2D eigenvalue weighted by molar-refractivity contribution is 8.18. The summed E-state index contributed by atoms with van der Waals surface area (Å²) in [5, 5.41) is 10.8. The first kappa shape index (κ1) is 15.4. The number of halogens is 2. The van der Waals surface area contributed by atoms with Crippen LogP contribution in [0.15, 0.2) is 43.9 Å². The van der Waals surface area contributed by atoms with Gasteiger partial charge in [0.25, 0.3) is 0 Å². The van der Waals surface area contributed by atoms with Gasteiger partial charge in [-0.2, -0.15) is 0 Å². The number of aromatic amines is 1. The Morgan fingerprint density at radius 1 is 1.32 bits per heavy atom. The topological polar surface area (TPSA) is 77.8 Å². The average Bonchev–Trinajstić information content (AvgIpc) is 2.96. The van der Waals surface area contributed by atoms with Crippen molar-refractivity contribution in [2.24, 2.45) is 9.98 Å². The molecule has 0 saturated carbocycles. The first-order valence-corrected chi connectivity index (χ1v) is 8.31. The van der Waals surface area contributed by atoms with Gasteiger partial charge < -0.3 is 5.11 Å². The van der Waals surface area contributed by atoms with Gasteiger partial charge in [0.05, 0.1) is 20.5 Å². The largest absolute Gasteiger partial charge is 0.493 e. The van der Waals surface area contributed by atoms with Gasteiger partial charge in [-0.3, -0.25) is 9.78 Å². The third kappa shape index (κ3) is 3.27. The van der Waals surface area contributed by atoms with Crippen LogP contribution in [0.4, 0.5) is 5.69 Å². The van der Waals surface area contributed by atoms with Crippen LogP contribution >= 0.6 is 46.3 Å². The summed E-state index contributed by atoms with van der Waals surface area (Å²) >= 11 is 14.2. The van der Waals surface area contributed by atoms with E-state index in [-0.39, 0.29) is 15.9 Å². The lowest BCUT2D eigenvalue weighted by atomic mass is 10.3. The first-order chi connectivity index (χ1) is 10.5. The smallest absolute Gasteiger partial charge is 0.307 e. The molecule has 0 saturated heterocycles. The SMILES string of the molecule is O=c1[nH]c(O)c(/C=C2/SC(=Nc3ccccc3Cl)N=C2Cl)s1. The summed E-state index contributed by atoms with van der Waals surface area (Å²) in [4.78, 5) is 22.6. The molecule has 0 atom stereocenters. The van der Waals surface area contributed by atoms with Crippen molar-refractivity contribution in [3.63, 3.8) is 0 Å². The fraction of sp³-hybridized carbons (Fsp3) is 0. The van der Waals surface area contributed by atoms with E-state index in [9.17, 15) is 9.90 Å². The van der Waals surface area contributed by atoms with Crippen LogP contribution in [0.3, 0.4) is 0 Å². The van der Waals surface area contributed by atoms with Gasteiger partial charge >= 0.3 is 4.87 Å². The zero-order chi connectivity index (χ0) is 15.7. The zero-order valence-electron chi connectivity index (χ0n) is 10.7. The second-order valence-electron chi connectivity index (χ2n) is 4.09. The standard InChI is InChI=1S/C13H7Cl2N3O2S2/c14-6-3-1-2-4-7(6)16-12-17-10(15)8(21-12)5-9-11(19)18-13(20)22-9/h1-5,19H,(H,18,20)/b8-5+,16-12?. The van der Waals surface area contributed by atoms with E-state index in [2.05, 4.69) is 15.0 Å². The molecule has 1 aromatic carbocycles. The Morgan fingerprint density at radius 2 is 2.09 bits per heavy atom. The maximum atomic E-state index is 11.2. The minimum Gasteiger partial charge on any atom is -0.493 e. The molecule has 0 amide bonds. The van der Waals surface area contributed by atoms with Crippen molar-refractivity contribution >= 4 is 68.4 Å². The Balaban J connectivity index is 1.91. The van der Waals surface area contributed by atoms with Crippen molar-refractivity contribution in [1.29, 1.82) is 0 Å². The average molecular weight is 372 g/mol. The molecule has 0 unspecified atom stereocenters. The number of aromatic hydroxyl groups is 1. The Morgan fingerprint density at radius 3 is 2.77 bits per heavy atom. The normalized spacial score (nSPS) is 18.2. The lowest BCUT2D eigenvalue weighted by molar-refractivity contribution is 0.455. The van der Waals surface area contributed by atoms with Gasteiger partial charge in [0, 0.05) is 0 Å². The molecule has 2 aromatic rings. The van der Waals surface area contributed by atoms with Gasteiger partial charge in [-0.05, 0) is 30.0 Å². The van der Waals surface area contributed by atoms with Crippen LogP contribution in [0, 0.1) is 0 Å². The molecule has 0 aliphatic carbocycles. The summed E-state index contributed by atoms with van der Waals surface area (Å²) < 4.78 is 0. The molecule has 5 nitrogen and oxygen atoms in total. The molecule has 0 bridgehead atoms. The Kier molecular flexibility index (Phi) is 4.39. The van der Waals surface area contributed by atoms with Crippen molar-refractivity contribution in [1.82, 2.24) is 4.98 Å². The second-order valence-corrected chi connectivity index (χ2v) is 6.88. The van der Waals surface area contributed by atoms with E-state index < -0.39 is 0 Å². The number of H-pyrrole nitrogens is 1. The molecular formula is C13H7Cl2N3O2S2. The lowest BCUT2D eigenvalue weighted by Gasteiger charge is -1.97. The summed E-state index contributed by atoms with van der Waals surface area (Å²) in [5.74, 6) is -0.191. The van der Waals surface area contributed by atoms with Crippen molar-refractivity contribution in [2.45, 2.75) is 0 Å². The maximum absolute atomic E-state index is 11.2. The fourth-order valence-corrected chi connectivity index (χ4v) is 3.64. The number of thiazole rings is 1. The van der Waals surface area contributed by atoms with Crippen LogP contribution in [-0.4, -0.2) is 20.4 Å². The van der Waals surface area contributed by atoms with Gasteiger partial charge in [0.15, 0.2) is 5.17 Å². The predicted molar refractivity (Wildman–Crippen MR) is 94.0 cm³/mol. The van der Waals surface area contributed by atoms with E-state index in [1.165, 1.54) is 11.8 Å². The number of amidine groups is 1. The molecule has 22 heavy (non-hydrogen) atoms. The monoisotopic (exact) mass is 371 g/mol. The minimum atomic E-state index is -0.342. The van der Waals surface area contributed by atoms with Crippen LogP contribution in [-0.2, 0) is 0 Å². The number of nitrogens with one attached hydrogen (secondary N) is 1. The van der Waals surface area contributed by atoms with Crippen molar-refractivity contribution in [3.05, 3.63) is 48.7 Å². The number of hydrogen-bond acceptors (Lipinski definition) is 5. The van der Waals surface area contributed by atoms with Crippen molar-refractivity contribution in [3.8, 4) is 5.88 Å². The van der Waals surface area contributed by atoms with Crippen LogP contribution in [0.2, 0.25) is 5.02 Å². The quantitative estimate of drug-likeness (QED) is 0.829. The number of aliphatic imine (C=N–C) groups is 2. The summed E-state index contributed by atoms with van der Waals surface area (Å²) in [5.41, 5.74) is 0.593. The number of allylic oxidation sites excluding steroid dienone is 1. The Bertz CT molecular complexity index is 883. The summed E-state index contributed by atoms with van der Waals surface area (Å²) in [6.45, 7) is 0. The highest BCUT2D eigenvalue weighted by Crippen LogP contribution is 2.35. The molecule has 0 radical (unpaired) electrons. The first-order valence-electron chi connectivity index (χ1n) is 5.92. The van der Waals surface area contributed by atoms with Gasteiger partial charge in [-0.15, -0.1) is 0 Å². The van der Waals surface area contributed by atoms with E-state index in [0.717, 1.165) is 11.3 Å². The molecule has 1 aliphatic heterocycles. The predicted octanol–water partition coefficient (Wildman–Crippen LogP) is 4.21. The van der Waals surface area contributed by atoms with E-state index in [1.54, 1.807) is 18.2 Å². The van der Waals surface area contributed by atoms with Crippen LogP contribution in [0.5, 0.6) is 5.88 Å². The number of benzene rings is 1.